The van der Waals surface area contributed by atoms with E-state index in [2.05, 4.69) is 5.32 Å². The fraction of sp³-hybridized carbons (Fsp3) is 0.0769. The van der Waals surface area contributed by atoms with E-state index in [0.29, 0.717) is 22.1 Å². The second-order valence-corrected chi connectivity index (χ2v) is 4.75. The summed E-state index contributed by atoms with van der Waals surface area (Å²) in [4.78, 5) is 23.4. The third-order valence-electron chi connectivity index (χ3n) is 2.24. The van der Waals surface area contributed by atoms with Gasteiger partial charge >= 0.3 is 5.97 Å². The van der Waals surface area contributed by atoms with Gasteiger partial charge in [-0.25, -0.2) is 4.79 Å². The number of amides is 1. The van der Waals surface area contributed by atoms with Crippen LogP contribution >= 0.6 is 11.3 Å². The van der Waals surface area contributed by atoms with Gasteiger partial charge in [-0.2, -0.15) is 0 Å². The van der Waals surface area contributed by atoms with Crippen LogP contribution in [-0.2, 0) is 11.3 Å². The number of thiophene rings is 1. The molecule has 6 heteroatoms. The third kappa shape index (κ3) is 3.82. The summed E-state index contributed by atoms with van der Waals surface area (Å²) in [6.45, 7) is 0.323. The average Bonchev–Trinajstić information content (AvgIpc) is 3.04. The fourth-order valence-electron chi connectivity index (χ4n) is 1.39. The van der Waals surface area contributed by atoms with Crippen LogP contribution in [0.2, 0.25) is 0 Å². The molecule has 0 fully saturated rings. The van der Waals surface area contributed by atoms with E-state index in [1.165, 1.54) is 17.4 Å². The number of carboxylic acid groups (broad SMARTS) is 1. The molecule has 0 saturated heterocycles. The Morgan fingerprint density at radius 3 is 2.89 bits per heavy atom. The highest BCUT2D eigenvalue weighted by Crippen LogP contribution is 2.18. The highest BCUT2D eigenvalue weighted by Gasteiger charge is 2.08. The minimum atomic E-state index is -1.02. The molecule has 0 aromatic carbocycles. The molecule has 1 amide bonds. The Morgan fingerprint density at radius 1 is 1.37 bits per heavy atom. The van der Waals surface area contributed by atoms with Crippen LogP contribution in [0.25, 0.3) is 6.08 Å². The number of hydrogen-bond acceptors (Lipinski definition) is 4. The van der Waals surface area contributed by atoms with E-state index >= 15 is 0 Å². The zero-order chi connectivity index (χ0) is 13.7. The molecule has 0 radical (unpaired) electrons. The van der Waals surface area contributed by atoms with Crippen molar-refractivity contribution < 1.29 is 19.1 Å². The van der Waals surface area contributed by atoms with Crippen LogP contribution in [0.15, 0.2) is 41.0 Å². The number of hydrogen-bond donors (Lipinski definition) is 2. The van der Waals surface area contributed by atoms with Gasteiger partial charge in [0, 0.05) is 11.0 Å². The summed E-state index contributed by atoms with van der Waals surface area (Å²) in [5, 5.41) is 11.2. The van der Waals surface area contributed by atoms with Gasteiger partial charge in [0.05, 0.1) is 17.7 Å². The van der Waals surface area contributed by atoms with Crippen molar-refractivity contribution >= 4 is 29.3 Å². The molecule has 98 valence electrons. The SMILES string of the molecule is O=C(O)C=Cc1ccc(C(=O)NCc2ccco2)s1. The van der Waals surface area contributed by atoms with E-state index in [1.807, 2.05) is 0 Å². The Hall–Kier alpha value is -2.34. The van der Waals surface area contributed by atoms with Gasteiger partial charge in [-0.1, -0.05) is 0 Å². The van der Waals surface area contributed by atoms with Crippen molar-refractivity contribution in [3.63, 3.8) is 0 Å². The van der Waals surface area contributed by atoms with Crippen molar-refractivity contribution in [1.29, 1.82) is 0 Å². The molecule has 0 aliphatic rings. The standard InChI is InChI=1S/C13H11NO4S/c15-12(16)6-4-10-3-5-11(19-10)13(17)14-8-9-2-1-7-18-9/h1-7H,8H2,(H,14,17)(H,15,16). The predicted molar refractivity (Wildman–Crippen MR) is 70.9 cm³/mol. The number of aliphatic carboxylic acids is 1. The summed E-state index contributed by atoms with van der Waals surface area (Å²) in [5.74, 6) is -0.551. The maximum absolute atomic E-state index is 11.8. The Bertz CT molecular complexity index is 598. The van der Waals surface area contributed by atoms with Crippen LogP contribution in [0, 0.1) is 0 Å². The number of rotatable bonds is 5. The van der Waals surface area contributed by atoms with Gasteiger partial charge in [-0.15, -0.1) is 11.3 Å². The molecule has 0 saturated carbocycles. The lowest BCUT2D eigenvalue weighted by atomic mass is 10.3. The topological polar surface area (TPSA) is 79.5 Å². The first-order chi connectivity index (χ1) is 9.15. The van der Waals surface area contributed by atoms with Gasteiger partial charge in [-0.05, 0) is 30.3 Å². The van der Waals surface area contributed by atoms with Crippen LogP contribution in [0.1, 0.15) is 20.3 Å². The first kappa shape index (κ1) is 13.1. The van der Waals surface area contributed by atoms with Crippen molar-refractivity contribution in [3.05, 3.63) is 52.1 Å². The molecular formula is C13H11NO4S. The molecule has 19 heavy (non-hydrogen) atoms. The predicted octanol–water partition coefficient (Wildman–Crippen LogP) is 2.37. The molecule has 2 heterocycles. The van der Waals surface area contributed by atoms with E-state index in [4.69, 9.17) is 9.52 Å². The molecule has 0 atom stereocenters. The number of nitrogens with one attached hydrogen (secondary N) is 1. The van der Waals surface area contributed by atoms with E-state index in [1.54, 1.807) is 30.5 Å². The molecule has 0 bridgehead atoms. The van der Waals surface area contributed by atoms with E-state index in [9.17, 15) is 9.59 Å². The Labute approximate surface area is 113 Å². The maximum atomic E-state index is 11.8. The van der Waals surface area contributed by atoms with Gasteiger partial charge in [0.2, 0.25) is 0 Å². The molecular weight excluding hydrogens is 266 g/mol. The van der Waals surface area contributed by atoms with E-state index in [-0.39, 0.29) is 5.91 Å². The van der Waals surface area contributed by atoms with Crippen molar-refractivity contribution in [3.8, 4) is 0 Å². The van der Waals surface area contributed by atoms with Gasteiger partial charge in [0.1, 0.15) is 5.76 Å². The van der Waals surface area contributed by atoms with Crippen LogP contribution < -0.4 is 5.32 Å². The summed E-state index contributed by atoms with van der Waals surface area (Å²) in [6, 6.07) is 6.88. The summed E-state index contributed by atoms with van der Waals surface area (Å²) in [6.07, 6.45) is 4.04. The molecule has 0 unspecified atom stereocenters. The second-order valence-electron chi connectivity index (χ2n) is 3.64. The van der Waals surface area contributed by atoms with Gasteiger partial charge in [0.25, 0.3) is 5.91 Å². The van der Waals surface area contributed by atoms with E-state index in [0.717, 1.165) is 6.08 Å². The lowest BCUT2D eigenvalue weighted by molar-refractivity contribution is -0.131. The summed E-state index contributed by atoms with van der Waals surface area (Å²) < 4.78 is 5.10. The molecule has 2 rings (SSSR count). The first-order valence-electron chi connectivity index (χ1n) is 5.46. The van der Waals surface area contributed by atoms with Gasteiger partial charge < -0.3 is 14.8 Å². The first-order valence-corrected chi connectivity index (χ1v) is 6.28. The summed E-state index contributed by atoms with van der Waals surface area (Å²) in [5.41, 5.74) is 0. The van der Waals surface area contributed by atoms with Crippen molar-refractivity contribution in [2.75, 3.05) is 0 Å². The molecule has 5 nitrogen and oxygen atoms in total. The highest BCUT2D eigenvalue weighted by molar-refractivity contribution is 7.14. The monoisotopic (exact) mass is 277 g/mol. The van der Waals surface area contributed by atoms with Crippen LogP contribution in [0.3, 0.4) is 0 Å². The Kier molecular flexibility index (Phi) is 4.15. The molecule has 2 N–H and O–H groups in total. The number of carbonyl (C=O) groups is 2. The van der Waals surface area contributed by atoms with Gasteiger partial charge in [-0.3, -0.25) is 4.79 Å². The smallest absolute Gasteiger partial charge is 0.328 e. The molecule has 0 aliphatic heterocycles. The fourth-order valence-corrected chi connectivity index (χ4v) is 2.21. The van der Waals surface area contributed by atoms with Crippen molar-refractivity contribution in [2.24, 2.45) is 0 Å². The molecule has 2 aromatic heterocycles. The number of carbonyl (C=O) groups excluding carboxylic acids is 1. The zero-order valence-corrected chi connectivity index (χ0v) is 10.6. The van der Waals surface area contributed by atoms with Crippen molar-refractivity contribution in [2.45, 2.75) is 6.54 Å². The maximum Gasteiger partial charge on any atom is 0.328 e. The lowest BCUT2D eigenvalue weighted by Crippen LogP contribution is -2.21. The highest BCUT2D eigenvalue weighted by atomic mass is 32.1. The normalized spacial score (nSPS) is 10.7. The molecule has 0 aliphatic carbocycles. The minimum Gasteiger partial charge on any atom is -0.478 e. The Morgan fingerprint density at radius 2 is 2.21 bits per heavy atom. The average molecular weight is 277 g/mol. The van der Waals surface area contributed by atoms with Crippen LogP contribution in [-0.4, -0.2) is 17.0 Å². The zero-order valence-electron chi connectivity index (χ0n) is 9.83. The van der Waals surface area contributed by atoms with Crippen molar-refractivity contribution in [1.82, 2.24) is 5.32 Å². The second kappa shape index (κ2) is 6.01. The quantitative estimate of drug-likeness (QED) is 0.822. The number of furan rings is 1. The largest absolute Gasteiger partial charge is 0.478 e. The van der Waals surface area contributed by atoms with E-state index < -0.39 is 5.97 Å². The third-order valence-corrected chi connectivity index (χ3v) is 3.29. The van der Waals surface area contributed by atoms with Crippen LogP contribution in [0.5, 0.6) is 0 Å². The van der Waals surface area contributed by atoms with Crippen LogP contribution in [0.4, 0.5) is 0 Å². The lowest BCUT2D eigenvalue weighted by Gasteiger charge is -1.99. The summed E-state index contributed by atoms with van der Waals surface area (Å²) >= 11 is 1.23. The molecule has 0 spiro atoms. The Balaban J connectivity index is 1.94. The molecule has 2 aromatic rings. The summed E-state index contributed by atoms with van der Waals surface area (Å²) in [7, 11) is 0. The minimum absolute atomic E-state index is 0.212. The number of carboxylic acids is 1. The van der Waals surface area contributed by atoms with Gasteiger partial charge in [0.15, 0.2) is 0 Å².